The van der Waals surface area contributed by atoms with Gasteiger partial charge in [-0.15, -0.1) is 0 Å². The molecule has 0 amide bonds. The molecule has 1 rings (SSSR count). The molecular formula is C14H18O4. The molecule has 1 aromatic rings. The van der Waals surface area contributed by atoms with E-state index in [9.17, 15) is 4.79 Å². The van der Waals surface area contributed by atoms with Crippen molar-refractivity contribution in [2.24, 2.45) is 0 Å². The second kappa shape index (κ2) is 6.93. The fourth-order valence-corrected chi connectivity index (χ4v) is 1.26. The van der Waals surface area contributed by atoms with Crippen LogP contribution < -0.4 is 0 Å². The molecule has 0 spiro atoms. The Hall–Kier alpha value is -1.65. The summed E-state index contributed by atoms with van der Waals surface area (Å²) in [7, 11) is 2.83. The number of benzene rings is 1. The second-order valence-corrected chi connectivity index (χ2v) is 3.82. The van der Waals surface area contributed by atoms with Gasteiger partial charge in [-0.05, 0) is 12.5 Å². The molecule has 98 valence electrons. The van der Waals surface area contributed by atoms with Gasteiger partial charge in [0.1, 0.15) is 6.61 Å². The van der Waals surface area contributed by atoms with Gasteiger partial charge in [0.05, 0.1) is 6.26 Å². The number of ether oxygens (including phenoxy) is 3. The molecule has 0 aliphatic rings. The van der Waals surface area contributed by atoms with Crippen molar-refractivity contribution in [3.63, 3.8) is 0 Å². The maximum atomic E-state index is 11.7. The monoisotopic (exact) mass is 250 g/mol. The van der Waals surface area contributed by atoms with E-state index in [0.29, 0.717) is 6.61 Å². The predicted octanol–water partition coefficient (Wildman–Crippen LogP) is 2.29. The van der Waals surface area contributed by atoms with Crippen molar-refractivity contribution in [1.29, 1.82) is 0 Å². The van der Waals surface area contributed by atoms with E-state index in [1.54, 1.807) is 6.92 Å². The van der Waals surface area contributed by atoms with E-state index in [4.69, 9.17) is 14.2 Å². The predicted molar refractivity (Wildman–Crippen MR) is 67.8 cm³/mol. The van der Waals surface area contributed by atoms with E-state index >= 15 is 0 Å². The van der Waals surface area contributed by atoms with Crippen LogP contribution in [0.3, 0.4) is 0 Å². The Labute approximate surface area is 107 Å². The zero-order chi connectivity index (χ0) is 13.4. The SMILES string of the molecule is COC(C)(OC)C(=O)/C=C/OCc1ccccc1. The number of carbonyl (C=O) groups excluding carboxylic acids is 1. The zero-order valence-corrected chi connectivity index (χ0v) is 10.9. The lowest BCUT2D eigenvalue weighted by Crippen LogP contribution is -2.38. The minimum Gasteiger partial charge on any atom is -0.496 e. The lowest BCUT2D eigenvalue weighted by Gasteiger charge is -2.22. The molecule has 0 aromatic heterocycles. The first-order valence-electron chi connectivity index (χ1n) is 5.59. The fraction of sp³-hybridized carbons (Fsp3) is 0.357. The Balaban J connectivity index is 2.44. The van der Waals surface area contributed by atoms with E-state index in [1.165, 1.54) is 26.6 Å². The quantitative estimate of drug-likeness (QED) is 0.423. The van der Waals surface area contributed by atoms with Gasteiger partial charge in [-0.1, -0.05) is 30.3 Å². The van der Waals surface area contributed by atoms with Gasteiger partial charge in [-0.3, -0.25) is 4.79 Å². The third-order valence-corrected chi connectivity index (χ3v) is 2.64. The molecule has 0 atom stereocenters. The smallest absolute Gasteiger partial charge is 0.229 e. The normalized spacial score (nSPS) is 11.7. The molecule has 0 radical (unpaired) electrons. The van der Waals surface area contributed by atoms with Crippen LogP contribution >= 0.6 is 0 Å². The van der Waals surface area contributed by atoms with Gasteiger partial charge in [-0.2, -0.15) is 0 Å². The molecular weight excluding hydrogens is 232 g/mol. The number of methoxy groups -OCH3 is 2. The number of ketones is 1. The van der Waals surface area contributed by atoms with Crippen molar-refractivity contribution >= 4 is 5.78 Å². The summed E-state index contributed by atoms with van der Waals surface area (Å²) in [5.74, 6) is -1.56. The minimum absolute atomic E-state index is 0.305. The van der Waals surface area contributed by atoms with Gasteiger partial charge >= 0.3 is 0 Å². The topological polar surface area (TPSA) is 44.8 Å². The summed E-state index contributed by atoms with van der Waals surface area (Å²) in [4.78, 5) is 11.7. The summed E-state index contributed by atoms with van der Waals surface area (Å²) in [6.45, 7) is 1.97. The summed E-state index contributed by atoms with van der Waals surface area (Å²) in [5.41, 5.74) is 1.04. The molecule has 0 unspecified atom stereocenters. The zero-order valence-electron chi connectivity index (χ0n) is 10.9. The van der Waals surface area contributed by atoms with Crippen molar-refractivity contribution in [2.75, 3.05) is 14.2 Å². The van der Waals surface area contributed by atoms with Crippen molar-refractivity contribution in [2.45, 2.75) is 19.3 Å². The highest BCUT2D eigenvalue weighted by molar-refractivity contribution is 5.95. The first-order valence-corrected chi connectivity index (χ1v) is 5.59. The number of rotatable bonds is 7. The van der Waals surface area contributed by atoms with Gasteiger partial charge < -0.3 is 14.2 Å². The fourth-order valence-electron chi connectivity index (χ4n) is 1.26. The van der Waals surface area contributed by atoms with E-state index in [1.807, 2.05) is 30.3 Å². The molecule has 0 saturated heterocycles. The lowest BCUT2D eigenvalue weighted by atomic mass is 10.2. The number of carbonyl (C=O) groups is 1. The van der Waals surface area contributed by atoms with Gasteiger partial charge in [0.25, 0.3) is 0 Å². The van der Waals surface area contributed by atoms with Crippen LogP contribution in [0.1, 0.15) is 12.5 Å². The molecule has 0 N–H and O–H groups in total. The van der Waals surface area contributed by atoms with Gasteiger partial charge in [0.15, 0.2) is 0 Å². The average molecular weight is 250 g/mol. The third kappa shape index (κ3) is 3.98. The summed E-state index contributed by atoms with van der Waals surface area (Å²) in [6.07, 6.45) is 2.65. The highest BCUT2D eigenvalue weighted by Crippen LogP contribution is 2.12. The summed E-state index contributed by atoms with van der Waals surface area (Å²) >= 11 is 0. The Morgan fingerprint density at radius 2 is 1.83 bits per heavy atom. The van der Waals surface area contributed by atoms with E-state index in [-0.39, 0.29) is 5.78 Å². The van der Waals surface area contributed by atoms with Crippen LogP contribution in [0.4, 0.5) is 0 Å². The van der Waals surface area contributed by atoms with Crippen LogP contribution in [0.15, 0.2) is 42.7 Å². The lowest BCUT2D eigenvalue weighted by molar-refractivity contribution is -0.194. The van der Waals surface area contributed by atoms with Crippen molar-refractivity contribution in [1.82, 2.24) is 0 Å². The maximum Gasteiger partial charge on any atom is 0.229 e. The van der Waals surface area contributed by atoms with E-state index in [0.717, 1.165) is 5.56 Å². The highest BCUT2D eigenvalue weighted by atomic mass is 16.7. The standard InChI is InChI=1S/C14H18O4/c1-14(16-2,17-3)13(15)9-10-18-11-12-7-5-4-6-8-12/h4-10H,11H2,1-3H3/b10-9+. The highest BCUT2D eigenvalue weighted by Gasteiger charge is 2.30. The number of hydrogen-bond acceptors (Lipinski definition) is 4. The van der Waals surface area contributed by atoms with Crippen LogP contribution in [0.2, 0.25) is 0 Å². The largest absolute Gasteiger partial charge is 0.496 e. The average Bonchev–Trinajstić information content (AvgIpc) is 2.43. The molecule has 18 heavy (non-hydrogen) atoms. The summed E-state index contributed by atoms with van der Waals surface area (Å²) in [6, 6.07) is 9.70. The second-order valence-electron chi connectivity index (χ2n) is 3.82. The first-order chi connectivity index (χ1) is 8.62. The molecule has 0 heterocycles. The van der Waals surface area contributed by atoms with Crippen molar-refractivity contribution < 1.29 is 19.0 Å². The van der Waals surface area contributed by atoms with Crippen LogP contribution in [0, 0.1) is 0 Å². The van der Waals surface area contributed by atoms with Crippen LogP contribution in [0.5, 0.6) is 0 Å². The molecule has 0 fully saturated rings. The Bertz CT molecular complexity index is 394. The van der Waals surface area contributed by atoms with Gasteiger partial charge in [0, 0.05) is 20.3 Å². The Kier molecular flexibility index (Phi) is 5.55. The van der Waals surface area contributed by atoms with Crippen LogP contribution in [-0.2, 0) is 25.6 Å². The van der Waals surface area contributed by atoms with Crippen LogP contribution in [-0.4, -0.2) is 25.8 Å². The summed E-state index contributed by atoms with van der Waals surface area (Å²) in [5, 5.41) is 0. The molecule has 0 saturated carbocycles. The van der Waals surface area contributed by atoms with E-state index < -0.39 is 5.79 Å². The third-order valence-electron chi connectivity index (χ3n) is 2.64. The first kappa shape index (κ1) is 14.4. The maximum absolute atomic E-state index is 11.7. The van der Waals surface area contributed by atoms with Gasteiger partial charge in [-0.25, -0.2) is 0 Å². The molecule has 0 bridgehead atoms. The Morgan fingerprint density at radius 3 is 2.39 bits per heavy atom. The van der Waals surface area contributed by atoms with E-state index in [2.05, 4.69) is 0 Å². The molecule has 0 aliphatic carbocycles. The minimum atomic E-state index is -1.26. The Morgan fingerprint density at radius 1 is 1.22 bits per heavy atom. The molecule has 0 aliphatic heterocycles. The van der Waals surface area contributed by atoms with Crippen LogP contribution in [0.25, 0.3) is 0 Å². The summed E-state index contributed by atoms with van der Waals surface area (Å²) < 4.78 is 15.2. The van der Waals surface area contributed by atoms with Crippen molar-refractivity contribution in [3.05, 3.63) is 48.2 Å². The molecule has 4 nitrogen and oxygen atoms in total. The molecule has 4 heteroatoms. The number of hydrogen-bond donors (Lipinski definition) is 0. The van der Waals surface area contributed by atoms with Crippen molar-refractivity contribution in [3.8, 4) is 0 Å². The van der Waals surface area contributed by atoms with Gasteiger partial charge in [0.2, 0.25) is 11.6 Å². The molecule has 1 aromatic carbocycles.